The predicted octanol–water partition coefficient (Wildman–Crippen LogP) is 2.36. The minimum absolute atomic E-state index is 0. The molecule has 6 nitrogen and oxygen atoms in total. The lowest BCUT2D eigenvalue weighted by Gasteiger charge is -2.33. The van der Waals surface area contributed by atoms with Gasteiger partial charge in [0.2, 0.25) is 5.95 Å². The van der Waals surface area contributed by atoms with Gasteiger partial charge in [0.05, 0.1) is 0 Å². The summed E-state index contributed by atoms with van der Waals surface area (Å²) in [5, 5.41) is 0. The van der Waals surface area contributed by atoms with E-state index < -0.39 is 0 Å². The summed E-state index contributed by atoms with van der Waals surface area (Å²) in [6.07, 6.45) is 8.51. The fourth-order valence-corrected chi connectivity index (χ4v) is 3.57. The molecule has 2 aliphatic heterocycles. The number of aliphatic imine (C=N–C) groups is 1. The maximum absolute atomic E-state index is 6.21. The molecule has 2 aliphatic rings. The summed E-state index contributed by atoms with van der Waals surface area (Å²) in [5.74, 6) is 2.81. The van der Waals surface area contributed by atoms with Crippen molar-refractivity contribution in [1.29, 1.82) is 0 Å². The molecule has 2 unspecified atom stereocenters. The van der Waals surface area contributed by atoms with Crippen LogP contribution in [0.3, 0.4) is 0 Å². The second-order valence-electron chi connectivity index (χ2n) is 6.90. The van der Waals surface area contributed by atoms with Crippen molar-refractivity contribution < 1.29 is 0 Å². The normalized spacial score (nSPS) is 25.3. The molecule has 2 saturated heterocycles. The second-order valence-corrected chi connectivity index (χ2v) is 6.90. The molecule has 3 heterocycles. The summed E-state index contributed by atoms with van der Waals surface area (Å²) < 4.78 is 0. The van der Waals surface area contributed by atoms with Crippen molar-refractivity contribution in [3.63, 3.8) is 0 Å². The topological polar surface area (TPSA) is 70.6 Å². The number of nitrogens with two attached hydrogens (primary N) is 1. The zero-order valence-electron chi connectivity index (χ0n) is 14.5. The Morgan fingerprint density at radius 3 is 2.71 bits per heavy atom. The van der Waals surface area contributed by atoms with Crippen LogP contribution in [0.4, 0.5) is 5.95 Å². The lowest BCUT2D eigenvalue weighted by molar-refractivity contribution is 0.269. The zero-order chi connectivity index (χ0) is 16.1. The number of aromatic nitrogens is 2. The molecule has 24 heavy (non-hydrogen) atoms. The van der Waals surface area contributed by atoms with Crippen molar-refractivity contribution in [3.8, 4) is 0 Å². The molecule has 0 bridgehead atoms. The summed E-state index contributed by atoms with van der Waals surface area (Å²) >= 11 is 0. The Labute approximate surface area is 162 Å². The average molecular weight is 444 g/mol. The molecule has 0 radical (unpaired) electrons. The van der Waals surface area contributed by atoms with Gasteiger partial charge >= 0.3 is 0 Å². The summed E-state index contributed by atoms with van der Waals surface area (Å²) in [6.45, 7) is 7.19. The van der Waals surface area contributed by atoms with Crippen LogP contribution >= 0.6 is 24.0 Å². The van der Waals surface area contributed by atoms with Gasteiger partial charge < -0.3 is 15.5 Å². The first-order valence-electron chi connectivity index (χ1n) is 8.79. The number of rotatable bonds is 3. The summed E-state index contributed by atoms with van der Waals surface area (Å²) in [5.41, 5.74) is 6.21. The van der Waals surface area contributed by atoms with Gasteiger partial charge in [-0.2, -0.15) is 0 Å². The SMILES string of the molecule is CC1CCCN(C(N)=NCC2CCCN(c3ncccn3)C2)C1.I. The van der Waals surface area contributed by atoms with E-state index in [1.165, 1.54) is 25.7 Å². The number of hydrogen-bond acceptors (Lipinski definition) is 4. The molecule has 1 aromatic rings. The van der Waals surface area contributed by atoms with Gasteiger partial charge in [-0.1, -0.05) is 6.92 Å². The number of guanidine groups is 1. The van der Waals surface area contributed by atoms with Crippen LogP contribution in [0.25, 0.3) is 0 Å². The van der Waals surface area contributed by atoms with Gasteiger partial charge in [0, 0.05) is 45.1 Å². The van der Waals surface area contributed by atoms with Crippen molar-refractivity contribution in [1.82, 2.24) is 14.9 Å². The van der Waals surface area contributed by atoms with Crippen LogP contribution < -0.4 is 10.6 Å². The third-order valence-corrected chi connectivity index (χ3v) is 4.85. The fourth-order valence-electron chi connectivity index (χ4n) is 3.57. The third kappa shape index (κ3) is 5.19. The highest BCUT2D eigenvalue weighted by Gasteiger charge is 2.22. The van der Waals surface area contributed by atoms with E-state index in [-0.39, 0.29) is 24.0 Å². The Balaban J connectivity index is 0.00000208. The van der Waals surface area contributed by atoms with Crippen molar-refractivity contribution in [2.24, 2.45) is 22.6 Å². The minimum Gasteiger partial charge on any atom is -0.370 e. The summed E-state index contributed by atoms with van der Waals surface area (Å²) in [7, 11) is 0. The van der Waals surface area contributed by atoms with Gasteiger partial charge in [-0.15, -0.1) is 24.0 Å². The number of halogens is 1. The molecule has 0 aliphatic carbocycles. The van der Waals surface area contributed by atoms with Gasteiger partial charge in [-0.25, -0.2) is 9.97 Å². The average Bonchev–Trinajstić information content (AvgIpc) is 2.61. The molecule has 0 amide bonds. The van der Waals surface area contributed by atoms with E-state index in [1.54, 1.807) is 12.4 Å². The number of likely N-dealkylation sites (tertiary alicyclic amines) is 1. The highest BCUT2D eigenvalue weighted by molar-refractivity contribution is 14.0. The molecule has 0 spiro atoms. The monoisotopic (exact) mass is 444 g/mol. The number of anilines is 1. The minimum atomic E-state index is 0. The Kier molecular flexibility index (Phi) is 7.51. The number of hydrogen-bond donors (Lipinski definition) is 1. The van der Waals surface area contributed by atoms with Crippen LogP contribution in [0, 0.1) is 11.8 Å². The van der Waals surface area contributed by atoms with E-state index in [4.69, 9.17) is 5.73 Å². The van der Waals surface area contributed by atoms with Crippen LogP contribution in [0.1, 0.15) is 32.6 Å². The first-order valence-corrected chi connectivity index (χ1v) is 8.79. The second kappa shape index (κ2) is 9.39. The van der Waals surface area contributed by atoms with Crippen LogP contribution in [0.2, 0.25) is 0 Å². The van der Waals surface area contributed by atoms with E-state index in [1.807, 2.05) is 6.07 Å². The highest BCUT2D eigenvalue weighted by atomic mass is 127. The molecule has 1 aromatic heterocycles. The van der Waals surface area contributed by atoms with E-state index in [2.05, 4.69) is 31.7 Å². The largest absolute Gasteiger partial charge is 0.370 e. The van der Waals surface area contributed by atoms with E-state index in [0.717, 1.165) is 50.5 Å². The number of piperidine rings is 2. The first-order chi connectivity index (χ1) is 11.2. The Morgan fingerprint density at radius 2 is 1.96 bits per heavy atom. The molecule has 0 aromatic carbocycles. The molecule has 7 heteroatoms. The van der Waals surface area contributed by atoms with E-state index in [9.17, 15) is 0 Å². The molecular formula is C17H29IN6. The van der Waals surface area contributed by atoms with E-state index in [0.29, 0.717) is 5.92 Å². The first kappa shape index (κ1) is 19.2. The maximum Gasteiger partial charge on any atom is 0.225 e. The summed E-state index contributed by atoms with van der Waals surface area (Å²) in [6, 6.07) is 1.86. The molecule has 0 saturated carbocycles. The van der Waals surface area contributed by atoms with Crippen molar-refractivity contribution in [2.75, 3.05) is 37.6 Å². The van der Waals surface area contributed by atoms with Gasteiger partial charge in [0.1, 0.15) is 0 Å². The Hall–Kier alpha value is -1.12. The molecule has 2 atom stereocenters. The molecule has 2 fully saturated rings. The molecular weight excluding hydrogens is 415 g/mol. The predicted molar refractivity (Wildman–Crippen MR) is 109 cm³/mol. The summed E-state index contributed by atoms with van der Waals surface area (Å²) in [4.78, 5) is 17.9. The van der Waals surface area contributed by atoms with Gasteiger partial charge in [0.15, 0.2) is 5.96 Å². The van der Waals surface area contributed by atoms with Gasteiger partial charge in [-0.3, -0.25) is 4.99 Å². The van der Waals surface area contributed by atoms with Gasteiger partial charge in [0.25, 0.3) is 0 Å². The fraction of sp³-hybridized carbons (Fsp3) is 0.706. The van der Waals surface area contributed by atoms with Crippen LogP contribution in [0.5, 0.6) is 0 Å². The van der Waals surface area contributed by atoms with Crippen molar-refractivity contribution in [3.05, 3.63) is 18.5 Å². The van der Waals surface area contributed by atoms with Crippen LogP contribution in [0.15, 0.2) is 23.5 Å². The van der Waals surface area contributed by atoms with E-state index >= 15 is 0 Å². The number of nitrogens with zero attached hydrogens (tertiary/aromatic N) is 5. The Bertz CT molecular complexity index is 523. The van der Waals surface area contributed by atoms with Crippen LogP contribution in [-0.4, -0.2) is 53.6 Å². The standard InChI is InChI=1S/C17H28N6.HI/c1-14-5-2-9-22(12-14)16(18)21-11-15-6-3-10-23(13-15)17-19-7-4-8-20-17;/h4,7-8,14-15H,2-3,5-6,9-13H2,1H3,(H2,18,21);1H. The Morgan fingerprint density at radius 1 is 1.21 bits per heavy atom. The smallest absolute Gasteiger partial charge is 0.225 e. The highest BCUT2D eigenvalue weighted by Crippen LogP contribution is 2.20. The molecule has 3 rings (SSSR count). The van der Waals surface area contributed by atoms with Crippen molar-refractivity contribution >= 4 is 35.9 Å². The zero-order valence-corrected chi connectivity index (χ0v) is 16.8. The quantitative estimate of drug-likeness (QED) is 0.441. The third-order valence-electron chi connectivity index (χ3n) is 4.85. The lowest BCUT2D eigenvalue weighted by Crippen LogP contribution is -2.44. The van der Waals surface area contributed by atoms with Gasteiger partial charge in [-0.05, 0) is 43.6 Å². The molecule has 134 valence electrons. The van der Waals surface area contributed by atoms with Crippen molar-refractivity contribution in [2.45, 2.75) is 32.6 Å². The van der Waals surface area contributed by atoms with Crippen LogP contribution in [-0.2, 0) is 0 Å². The molecule has 2 N–H and O–H groups in total. The maximum atomic E-state index is 6.21. The lowest BCUT2D eigenvalue weighted by atomic mass is 9.98.